The molecule has 0 fully saturated rings. The normalized spacial score (nSPS) is 15.3. The molecule has 5 heteroatoms. The second-order valence-corrected chi connectivity index (χ2v) is 5.17. The minimum atomic E-state index is -1.66. The molecule has 80 valence electrons. The molecule has 3 nitrogen and oxygen atoms in total. The SMILES string of the molecule is NC(CCCCS(=O)O)c1cccs1. The Labute approximate surface area is 90.6 Å². The fraction of sp³-hybridized carbons (Fsp3) is 0.556. The lowest BCUT2D eigenvalue weighted by Crippen LogP contribution is -2.08. The van der Waals surface area contributed by atoms with Gasteiger partial charge in [-0.2, -0.15) is 0 Å². The summed E-state index contributed by atoms with van der Waals surface area (Å²) in [6.07, 6.45) is 2.56. The molecule has 0 amide bonds. The van der Waals surface area contributed by atoms with E-state index in [1.807, 2.05) is 17.5 Å². The number of thiophene rings is 1. The highest BCUT2D eigenvalue weighted by atomic mass is 32.2. The molecular weight excluding hydrogens is 218 g/mol. The van der Waals surface area contributed by atoms with Gasteiger partial charge in [-0.3, -0.25) is 0 Å². The molecule has 1 rings (SSSR count). The number of hydrogen-bond acceptors (Lipinski definition) is 3. The van der Waals surface area contributed by atoms with Crippen LogP contribution in [0.2, 0.25) is 0 Å². The van der Waals surface area contributed by atoms with Crippen LogP contribution in [0.1, 0.15) is 30.2 Å². The summed E-state index contributed by atoms with van der Waals surface area (Å²) in [6.45, 7) is 0. The predicted octanol–water partition coefficient (Wildman–Crippen LogP) is 2.14. The van der Waals surface area contributed by atoms with Crippen molar-refractivity contribution >= 4 is 22.4 Å². The molecular formula is C9H15NO2S2. The zero-order valence-corrected chi connectivity index (χ0v) is 9.52. The maximum absolute atomic E-state index is 10.4. The summed E-state index contributed by atoms with van der Waals surface area (Å²) in [5.41, 5.74) is 5.93. The van der Waals surface area contributed by atoms with Gasteiger partial charge in [0.15, 0.2) is 11.1 Å². The zero-order valence-electron chi connectivity index (χ0n) is 7.89. The van der Waals surface area contributed by atoms with Gasteiger partial charge in [0.05, 0.1) is 0 Å². The van der Waals surface area contributed by atoms with Gasteiger partial charge in [0.25, 0.3) is 0 Å². The van der Waals surface area contributed by atoms with Gasteiger partial charge < -0.3 is 10.3 Å². The average molecular weight is 233 g/mol. The first kappa shape index (κ1) is 11.8. The summed E-state index contributed by atoms with van der Waals surface area (Å²) in [4.78, 5) is 1.19. The number of rotatable bonds is 6. The van der Waals surface area contributed by atoms with Crippen LogP contribution in [0.3, 0.4) is 0 Å². The van der Waals surface area contributed by atoms with E-state index in [0.717, 1.165) is 19.3 Å². The molecule has 0 saturated carbocycles. The minimum Gasteiger partial charge on any atom is -0.323 e. The highest BCUT2D eigenvalue weighted by molar-refractivity contribution is 7.79. The van der Waals surface area contributed by atoms with Gasteiger partial charge in [0, 0.05) is 16.7 Å². The largest absolute Gasteiger partial charge is 0.323 e. The van der Waals surface area contributed by atoms with Crippen molar-refractivity contribution in [2.24, 2.45) is 5.73 Å². The Hall–Kier alpha value is -0.230. The Kier molecular flexibility index (Phi) is 5.32. The van der Waals surface area contributed by atoms with Crippen molar-refractivity contribution in [3.05, 3.63) is 22.4 Å². The summed E-state index contributed by atoms with van der Waals surface area (Å²) in [5, 5.41) is 2.01. The Morgan fingerprint density at radius 2 is 2.36 bits per heavy atom. The van der Waals surface area contributed by atoms with E-state index in [9.17, 15) is 4.21 Å². The van der Waals surface area contributed by atoms with E-state index >= 15 is 0 Å². The van der Waals surface area contributed by atoms with Gasteiger partial charge >= 0.3 is 0 Å². The molecule has 0 saturated heterocycles. The lowest BCUT2D eigenvalue weighted by atomic mass is 10.1. The summed E-state index contributed by atoms with van der Waals surface area (Å²) in [6, 6.07) is 4.10. The van der Waals surface area contributed by atoms with Gasteiger partial charge in [0.1, 0.15) is 0 Å². The number of hydrogen-bond donors (Lipinski definition) is 2. The quantitative estimate of drug-likeness (QED) is 0.584. The highest BCUT2D eigenvalue weighted by Gasteiger charge is 2.06. The van der Waals surface area contributed by atoms with E-state index in [4.69, 9.17) is 10.3 Å². The van der Waals surface area contributed by atoms with Crippen LogP contribution in [0.25, 0.3) is 0 Å². The van der Waals surface area contributed by atoms with Crippen molar-refractivity contribution in [3.63, 3.8) is 0 Å². The maximum atomic E-state index is 10.4. The third-order valence-electron chi connectivity index (χ3n) is 1.99. The maximum Gasteiger partial charge on any atom is 0.152 e. The van der Waals surface area contributed by atoms with Crippen LogP contribution in [-0.2, 0) is 11.1 Å². The smallest absolute Gasteiger partial charge is 0.152 e. The molecule has 0 spiro atoms. The first-order chi connectivity index (χ1) is 6.70. The third kappa shape index (κ3) is 4.32. The van der Waals surface area contributed by atoms with Crippen LogP contribution in [-0.4, -0.2) is 14.5 Å². The average Bonchev–Trinajstić information content (AvgIpc) is 2.64. The minimum absolute atomic E-state index is 0.0853. The molecule has 2 unspecified atom stereocenters. The summed E-state index contributed by atoms with van der Waals surface area (Å²) in [7, 11) is 0. The summed E-state index contributed by atoms with van der Waals surface area (Å²) < 4.78 is 18.9. The molecule has 0 aliphatic heterocycles. The molecule has 14 heavy (non-hydrogen) atoms. The van der Waals surface area contributed by atoms with Gasteiger partial charge in [-0.1, -0.05) is 12.5 Å². The van der Waals surface area contributed by atoms with Crippen molar-refractivity contribution in [1.29, 1.82) is 0 Å². The van der Waals surface area contributed by atoms with Crippen molar-refractivity contribution in [3.8, 4) is 0 Å². The Morgan fingerprint density at radius 3 is 2.93 bits per heavy atom. The molecule has 3 N–H and O–H groups in total. The fourth-order valence-corrected chi connectivity index (χ4v) is 2.45. The third-order valence-corrected chi connectivity index (χ3v) is 3.63. The van der Waals surface area contributed by atoms with Gasteiger partial charge in [0.2, 0.25) is 0 Å². The van der Waals surface area contributed by atoms with Gasteiger partial charge in [-0.05, 0) is 24.3 Å². The van der Waals surface area contributed by atoms with E-state index in [-0.39, 0.29) is 6.04 Å². The fourth-order valence-electron chi connectivity index (χ4n) is 1.23. The molecule has 2 atom stereocenters. The van der Waals surface area contributed by atoms with Crippen LogP contribution < -0.4 is 5.73 Å². The number of nitrogens with two attached hydrogens (primary N) is 1. The molecule has 0 radical (unpaired) electrons. The number of unbranched alkanes of at least 4 members (excludes halogenated alkanes) is 1. The lowest BCUT2D eigenvalue weighted by Gasteiger charge is -2.08. The van der Waals surface area contributed by atoms with Crippen LogP contribution in [0, 0.1) is 0 Å². The standard InChI is InChI=1S/C9H15NO2S2/c10-8(9-5-3-6-13-9)4-1-2-7-14(11)12/h3,5-6,8H,1-2,4,7,10H2,(H,11,12). The molecule has 0 bridgehead atoms. The van der Waals surface area contributed by atoms with Crippen LogP contribution in [0.5, 0.6) is 0 Å². The lowest BCUT2D eigenvalue weighted by molar-refractivity contribution is 0.553. The Bertz CT molecular complexity index is 274. The van der Waals surface area contributed by atoms with E-state index in [2.05, 4.69) is 0 Å². The van der Waals surface area contributed by atoms with Crippen LogP contribution >= 0.6 is 11.3 Å². The first-order valence-corrected chi connectivity index (χ1v) is 6.72. The van der Waals surface area contributed by atoms with Crippen LogP contribution in [0.15, 0.2) is 17.5 Å². The van der Waals surface area contributed by atoms with E-state index < -0.39 is 11.1 Å². The van der Waals surface area contributed by atoms with E-state index in [0.29, 0.717) is 5.75 Å². The van der Waals surface area contributed by atoms with Crippen molar-refractivity contribution < 1.29 is 8.76 Å². The second-order valence-electron chi connectivity index (χ2n) is 3.14. The Balaban J connectivity index is 2.16. The van der Waals surface area contributed by atoms with Crippen LogP contribution in [0.4, 0.5) is 0 Å². The van der Waals surface area contributed by atoms with E-state index in [1.54, 1.807) is 11.3 Å². The zero-order chi connectivity index (χ0) is 10.4. The van der Waals surface area contributed by atoms with Crippen molar-refractivity contribution in [1.82, 2.24) is 0 Å². The highest BCUT2D eigenvalue weighted by Crippen LogP contribution is 2.21. The first-order valence-electron chi connectivity index (χ1n) is 4.56. The van der Waals surface area contributed by atoms with E-state index in [1.165, 1.54) is 4.88 Å². The monoisotopic (exact) mass is 233 g/mol. The van der Waals surface area contributed by atoms with Crippen molar-refractivity contribution in [2.75, 3.05) is 5.75 Å². The molecule has 0 aliphatic carbocycles. The Morgan fingerprint density at radius 1 is 1.57 bits per heavy atom. The van der Waals surface area contributed by atoms with Gasteiger partial charge in [-0.15, -0.1) is 11.3 Å². The van der Waals surface area contributed by atoms with Crippen molar-refractivity contribution in [2.45, 2.75) is 25.3 Å². The summed E-state index contributed by atoms with van der Waals surface area (Å²) >= 11 is 0.00579. The van der Waals surface area contributed by atoms with Gasteiger partial charge in [-0.25, -0.2) is 4.21 Å². The molecule has 1 aromatic heterocycles. The second kappa shape index (κ2) is 6.29. The molecule has 0 aromatic carbocycles. The summed E-state index contributed by atoms with van der Waals surface area (Å²) in [5.74, 6) is 0.358. The molecule has 0 aliphatic rings. The molecule has 1 heterocycles. The molecule has 1 aromatic rings. The topological polar surface area (TPSA) is 63.3 Å². The predicted molar refractivity (Wildman–Crippen MR) is 60.7 cm³/mol.